The third-order valence-corrected chi connectivity index (χ3v) is 8.27. The SMILES string of the molecule is COc1ccccc1Oc1ccc(Cl)cc1NC(=O)CN(c1ccc(C(C)C)cc1)S(=O)(=O)c1ccc(C)cc1. The van der Waals surface area contributed by atoms with Crippen LogP contribution in [0.3, 0.4) is 0 Å². The van der Waals surface area contributed by atoms with Gasteiger partial charge in [0.25, 0.3) is 10.0 Å². The van der Waals surface area contributed by atoms with E-state index in [1.807, 2.05) is 25.1 Å². The van der Waals surface area contributed by atoms with E-state index in [1.54, 1.807) is 60.7 Å². The number of aryl methyl sites for hydroxylation is 1. The molecule has 0 fully saturated rings. The maximum absolute atomic E-state index is 13.8. The Bertz CT molecular complexity index is 1590. The summed E-state index contributed by atoms with van der Waals surface area (Å²) in [7, 11) is -2.54. The van der Waals surface area contributed by atoms with Gasteiger partial charge in [-0.3, -0.25) is 9.10 Å². The molecule has 0 aromatic heterocycles. The molecule has 0 aliphatic carbocycles. The molecule has 0 aliphatic heterocycles. The molecule has 40 heavy (non-hydrogen) atoms. The summed E-state index contributed by atoms with van der Waals surface area (Å²) in [6.07, 6.45) is 0. The first-order valence-corrected chi connectivity index (χ1v) is 14.5. The number of rotatable bonds is 10. The highest BCUT2D eigenvalue weighted by Gasteiger charge is 2.28. The molecule has 1 amide bonds. The Labute approximate surface area is 240 Å². The van der Waals surface area contributed by atoms with Crippen molar-refractivity contribution >= 4 is 38.9 Å². The first-order valence-electron chi connectivity index (χ1n) is 12.7. The summed E-state index contributed by atoms with van der Waals surface area (Å²) in [5.74, 6) is 0.961. The normalized spacial score (nSPS) is 11.2. The Morgan fingerprint density at radius 3 is 2.17 bits per heavy atom. The van der Waals surface area contributed by atoms with E-state index >= 15 is 0 Å². The maximum Gasteiger partial charge on any atom is 0.264 e. The maximum atomic E-state index is 13.8. The van der Waals surface area contributed by atoms with Crippen LogP contribution in [0, 0.1) is 6.92 Å². The predicted octanol–water partition coefficient (Wildman–Crippen LogP) is 7.41. The number of amides is 1. The highest BCUT2D eigenvalue weighted by molar-refractivity contribution is 7.92. The van der Waals surface area contributed by atoms with Crippen molar-refractivity contribution in [2.75, 3.05) is 23.3 Å². The number of sulfonamides is 1. The standard InChI is InChI=1S/C31H31ClN2O5S/c1-21(2)23-11-14-25(15-12-23)34(40(36,37)26-16-9-22(3)10-17-26)20-31(35)33-27-19-24(32)13-18-28(27)39-30-8-6-5-7-29(30)38-4/h5-19,21H,20H2,1-4H3,(H,33,35). The molecule has 0 aliphatic rings. The summed E-state index contributed by atoms with van der Waals surface area (Å²) in [5, 5.41) is 3.15. The molecule has 0 radical (unpaired) electrons. The zero-order chi connectivity index (χ0) is 28.9. The van der Waals surface area contributed by atoms with E-state index in [0.717, 1.165) is 15.4 Å². The monoisotopic (exact) mass is 578 g/mol. The van der Waals surface area contributed by atoms with Gasteiger partial charge in [0, 0.05) is 5.02 Å². The summed E-state index contributed by atoms with van der Waals surface area (Å²) in [4.78, 5) is 13.5. The molecule has 0 spiro atoms. The summed E-state index contributed by atoms with van der Waals surface area (Å²) in [6.45, 7) is 5.51. The van der Waals surface area contributed by atoms with Gasteiger partial charge in [0.05, 0.1) is 23.4 Å². The van der Waals surface area contributed by atoms with Gasteiger partial charge >= 0.3 is 0 Å². The van der Waals surface area contributed by atoms with Gasteiger partial charge in [-0.25, -0.2) is 8.42 Å². The van der Waals surface area contributed by atoms with E-state index in [9.17, 15) is 13.2 Å². The number of anilines is 2. The van der Waals surface area contributed by atoms with Gasteiger partial charge in [-0.05, 0) is 73.0 Å². The second-order valence-electron chi connectivity index (χ2n) is 9.51. The van der Waals surface area contributed by atoms with Gasteiger partial charge in [-0.15, -0.1) is 0 Å². The van der Waals surface area contributed by atoms with Crippen molar-refractivity contribution in [1.82, 2.24) is 0 Å². The fourth-order valence-electron chi connectivity index (χ4n) is 4.01. The molecule has 0 unspecified atom stereocenters. The van der Waals surface area contributed by atoms with Crippen LogP contribution in [0.2, 0.25) is 5.02 Å². The van der Waals surface area contributed by atoms with Crippen LogP contribution in [0.5, 0.6) is 17.2 Å². The fourth-order valence-corrected chi connectivity index (χ4v) is 5.60. The number of hydrogen-bond acceptors (Lipinski definition) is 5. The van der Waals surface area contributed by atoms with Gasteiger partial charge < -0.3 is 14.8 Å². The Morgan fingerprint density at radius 2 is 1.55 bits per heavy atom. The smallest absolute Gasteiger partial charge is 0.264 e. The van der Waals surface area contributed by atoms with Crippen LogP contribution in [-0.4, -0.2) is 28.0 Å². The lowest BCUT2D eigenvalue weighted by molar-refractivity contribution is -0.114. The molecule has 208 valence electrons. The van der Waals surface area contributed by atoms with E-state index in [4.69, 9.17) is 21.1 Å². The van der Waals surface area contributed by atoms with Crippen molar-refractivity contribution in [1.29, 1.82) is 0 Å². The van der Waals surface area contributed by atoms with Crippen LogP contribution < -0.4 is 19.1 Å². The number of benzene rings is 4. The highest BCUT2D eigenvalue weighted by Crippen LogP contribution is 2.36. The summed E-state index contributed by atoms with van der Waals surface area (Å²) in [5.41, 5.74) is 2.63. The molecule has 0 saturated heterocycles. The largest absolute Gasteiger partial charge is 0.493 e. The van der Waals surface area contributed by atoms with Crippen molar-refractivity contribution in [3.05, 3.63) is 107 Å². The average Bonchev–Trinajstić information content (AvgIpc) is 2.93. The number of nitrogens with zero attached hydrogens (tertiary/aromatic N) is 1. The van der Waals surface area contributed by atoms with Gasteiger partial charge in [-0.2, -0.15) is 0 Å². The van der Waals surface area contributed by atoms with Crippen LogP contribution in [0.15, 0.2) is 95.9 Å². The first kappa shape index (κ1) is 29.0. The second kappa shape index (κ2) is 12.4. The van der Waals surface area contributed by atoms with Crippen LogP contribution in [0.25, 0.3) is 0 Å². The number of para-hydroxylation sites is 2. The zero-order valence-electron chi connectivity index (χ0n) is 22.7. The number of carbonyl (C=O) groups excluding carboxylic acids is 1. The van der Waals surface area contributed by atoms with Crippen LogP contribution in [0.1, 0.15) is 30.9 Å². The summed E-state index contributed by atoms with van der Waals surface area (Å²) in [6, 6.07) is 25.6. The van der Waals surface area contributed by atoms with Gasteiger partial charge in [0.15, 0.2) is 17.2 Å². The summed E-state index contributed by atoms with van der Waals surface area (Å²) >= 11 is 6.23. The third-order valence-electron chi connectivity index (χ3n) is 6.25. The predicted molar refractivity (Wildman–Crippen MR) is 159 cm³/mol. The number of halogens is 1. The number of nitrogens with one attached hydrogen (secondary N) is 1. The second-order valence-corrected chi connectivity index (χ2v) is 11.8. The van der Waals surface area contributed by atoms with Crippen molar-refractivity contribution in [2.45, 2.75) is 31.6 Å². The Morgan fingerprint density at radius 1 is 0.900 bits per heavy atom. The summed E-state index contributed by atoms with van der Waals surface area (Å²) < 4.78 is 40.0. The Hall–Kier alpha value is -4.01. The number of methoxy groups -OCH3 is 1. The van der Waals surface area contributed by atoms with Gasteiger partial charge in [0.1, 0.15) is 6.54 Å². The minimum atomic E-state index is -4.07. The molecule has 0 heterocycles. The van der Waals surface area contributed by atoms with E-state index < -0.39 is 22.5 Å². The van der Waals surface area contributed by atoms with Crippen LogP contribution in [0.4, 0.5) is 11.4 Å². The molecular weight excluding hydrogens is 548 g/mol. The topological polar surface area (TPSA) is 84.9 Å². The van der Waals surface area contributed by atoms with Crippen molar-refractivity contribution in [3.8, 4) is 17.2 Å². The lowest BCUT2D eigenvalue weighted by atomic mass is 10.0. The lowest BCUT2D eigenvalue weighted by Crippen LogP contribution is -2.38. The number of ether oxygens (including phenoxy) is 2. The third kappa shape index (κ3) is 6.76. The lowest BCUT2D eigenvalue weighted by Gasteiger charge is -2.25. The Balaban J connectivity index is 1.66. The molecule has 4 aromatic carbocycles. The molecule has 0 saturated carbocycles. The quantitative estimate of drug-likeness (QED) is 0.212. The number of hydrogen-bond donors (Lipinski definition) is 1. The van der Waals surface area contributed by atoms with Crippen molar-refractivity contribution in [3.63, 3.8) is 0 Å². The molecule has 4 aromatic rings. The van der Waals surface area contributed by atoms with E-state index in [1.165, 1.54) is 19.2 Å². The highest BCUT2D eigenvalue weighted by atomic mass is 35.5. The first-order chi connectivity index (χ1) is 19.1. The minimum Gasteiger partial charge on any atom is -0.493 e. The van der Waals surface area contributed by atoms with Gasteiger partial charge in [-0.1, -0.05) is 67.4 Å². The molecule has 7 nitrogen and oxygen atoms in total. The van der Waals surface area contributed by atoms with Crippen LogP contribution >= 0.6 is 11.6 Å². The van der Waals surface area contributed by atoms with Crippen molar-refractivity contribution in [2.24, 2.45) is 0 Å². The van der Waals surface area contributed by atoms with Gasteiger partial charge in [0.2, 0.25) is 5.91 Å². The van der Waals surface area contributed by atoms with E-state index in [2.05, 4.69) is 19.2 Å². The fraction of sp³-hybridized carbons (Fsp3) is 0.194. The molecule has 9 heteroatoms. The van der Waals surface area contributed by atoms with Crippen molar-refractivity contribution < 1.29 is 22.7 Å². The van der Waals surface area contributed by atoms with E-state index in [-0.39, 0.29) is 16.5 Å². The van der Waals surface area contributed by atoms with Crippen LogP contribution in [-0.2, 0) is 14.8 Å². The molecule has 1 N–H and O–H groups in total. The average molecular weight is 579 g/mol. The van der Waals surface area contributed by atoms with E-state index in [0.29, 0.717) is 28.0 Å². The Kier molecular flexibility index (Phi) is 9.02. The molecule has 0 bridgehead atoms. The minimum absolute atomic E-state index is 0.0850. The zero-order valence-corrected chi connectivity index (χ0v) is 24.3. The number of carbonyl (C=O) groups is 1. The molecule has 0 atom stereocenters. The molecule has 4 rings (SSSR count). The molecular formula is C31H31ClN2O5S.